The van der Waals surface area contributed by atoms with E-state index in [1.807, 2.05) is 6.92 Å². The molecule has 5 heteroatoms. The van der Waals surface area contributed by atoms with Crippen LogP contribution in [0, 0.1) is 0 Å². The van der Waals surface area contributed by atoms with Crippen LogP contribution in [0.2, 0.25) is 0 Å². The maximum absolute atomic E-state index is 11.3. The average Bonchev–Trinajstić information content (AvgIpc) is 2.90. The molecule has 0 aromatic heterocycles. The van der Waals surface area contributed by atoms with Gasteiger partial charge in [0.05, 0.1) is 12.1 Å². The normalized spacial score (nSPS) is 17.3. The van der Waals surface area contributed by atoms with E-state index >= 15 is 0 Å². The molecule has 0 aliphatic heterocycles. The van der Waals surface area contributed by atoms with Gasteiger partial charge in [0.1, 0.15) is 0 Å². The van der Waals surface area contributed by atoms with Gasteiger partial charge in [-0.25, -0.2) is 0 Å². The van der Waals surface area contributed by atoms with Gasteiger partial charge in [0.25, 0.3) is 0 Å². The topological polar surface area (TPSA) is 84.2 Å². The fraction of sp³-hybridized carbons (Fsp3) is 0.778. The van der Waals surface area contributed by atoms with Gasteiger partial charge in [-0.1, -0.05) is 6.92 Å². The van der Waals surface area contributed by atoms with E-state index < -0.39 is 5.54 Å². The summed E-state index contributed by atoms with van der Waals surface area (Å²) in [5.41, 5.74) is 4.94. The number of rotatable bonds is 5. The summed E-state index contributed by atoms with van der Waals surface area (Å²) in [6, 6.07) is 0. The van der Waals surface area contributed by atoms with Gasteiger partial charge < -0.3 is 16.4 Å². The molecule has 0 radical (unpaired) electrons. The first-order valence-corrected chi connectivity index (χ1v) is 4.92. The van der Waals surface area contributed by atoms with E-state index in [2.05, 4.69) is 10.6 Å². The Bertz CT molecular complexity index is 236. The molecule has 4 N–H and O–H groups in total. The Labute approximate surface area is 83.4 Å². The number of hydrogen-bond donors (Lipinski definition) is 3. The minimum atomic E-state index is -0.689. The molecule has 1 rings (SSSR count). The Morgan fingerprint density at radius 1 is 1.36 bits per heavy atom. The van der Waals surface area contributed by atoms with Crippen molar-refractivity contribution in [2.45, 2.75) is 31.7 Å². The van der Waals surface area contributed by atoms with E-state index in [1.54, 1.807) is 0 Å². The summed E-state index contributed by atoms with van der Waals surface area (Å²) in [6.45, 7) is 2.64. The number of carbonyl (C=O) groups excluding carboxylic acids is 2. The van der Waals surface area contributed by atoms with Crippen molar-refractivity contribution in [2.75, 3.05) is 13.1 Å². The average molecular weight is 199 g/mol. The van der Waals surface area contributed by atoms with Crippen LogP contribution in [0.4, 0.5) is 0 Å². The second kappa shape index (κ2) is 4.41. The van der Waals surface area contributed by atoms with E-state index in [0.29, 0.717) is 6.54 Å². The highest BCUT2D eigenvalue weighted by Crippen LogP contribution is 2.31. The van der Waals surface area contributed by atoms with Crippen LogP contribution in [0.15, 0.2) is 0 Å². The van der Waals surface area contributed by atoms with Crippen LogP contribution < -0.4 is 16.4 Å². The van der Waals surface area contributed by atoms with Gasteiger partial charge in [-0.3, -0.25) is 9.59 Å². The monoisotopic (exact) mass is 199 g/mol. The van der Waals surface area contributed by atoms with Crippen LogP contribution in [0.5, 0.6) is 0 Å². The quantitative estimate of drug-likeness (QED) is 0.537. The summed E-state index contributed by atoms with van der Waals surface area (Å²) in [5, 5.41) is 5.18. The van der Waals surface area contributed by atoms with Crippen molar-refractivity contribution in [1.29, 1.82) is 0 Å². The molecule has 5 nitrogen and oxygen atoms in total. The molecule has 2 amide bonds. The summed E-state index contributed by atoms with van der Waals surface area (Å²) >= 11 is 0. The summed E-state index contributed by atoms with van der Waals surface area (Å²) in [6.07, 6.45) is 2.32. The lowest BCUT2D eigenvalue weighted by Crippen LogP contribution is -2.46. The summed E-state index contributed by atoms with van der Waals surface area (Å²) < 4.78 is 0. The molecule has 0 aromatic carbocycles. The molecule has 1 fully saturated rings. The molecular formula is C9H17N3O2. The molecule has 0 spiro atoms. The van der Waals surface area contributed by atoms with Crippen LogP contribution in [0.25, 0.3) is 0 Å². The van der Waals surface area contributed by atoms with Crippen molar-refractivity contribution in [3.63, 3.8) is 0 Å². The fourth-order valence-corrected chi connectivity index (χ4v) is 1.03. The summed E-state index contributed by atoms with van der Waals surface area (Å²) in [4.78, 5) is 22.4. The Hall–Kier alpha value is -1.10. The molecule has 0 heterocycles. The van der Waals surface area contributed by atoms with Crippen LogP contribution in [0.3, 0.4) is 0 Å². The first-order valence-electron chi connectivity index (χ1n) is 4.92. The predicted octanol–water partition coefficient (Wildman–Crippen LogP) is -0.880. The van der Waals surface area contributed by atoms with Gasteiger partial charge in [0.15, 0.2) is 0 Å². The van der Waals surface area contributed by atoms with Crippen molar-refractivity contribution in [1.82, 2.24) is 10.6 Å². The minimum absolute atomic E-state index is 0.0256. The molecule has 1 saturated carbocycles. The van der Waals surface area contributed by atoms with E-state index in [1.165, 1.54) is 0 Å². The fourth-order valence-electron chi connectivity index (χ4n) is 1.03. The van der Waals surface area contributed by atoms with Gasteiger partial charge in [0, 0.05) is 6.54 Å². The molecule has 14 heavy (non-hydrogen) atoms. The maximum Gasteiger partial charge on any atom is 0.240 e. The highest BCUT2D eigenvalue weighted by atomic mass is 16.2. The van der Waals surface area contributed by atoms with Crippen molar-refractivity contribution in [2.24, 2.45) is 5.73 Å². The zero-order valence-corrected chi connectivity index (χ0v) is 8.43. The van der Waals surface area contributed by atoms with Crippen molar-refractivity contribution in [3.05, 3.63) is 0 Å². The lowest BCUT2D eigenvalue weighted by Gasteiger charge is -2.09. The highest BCUT2D eigenvalue weighted by Gasteiger charge is 2.45. The van der Waals surface area contributed by atoms with Crippen LogP contribution in [-0.4, -0.2) is 30.4 Å². The van der Waals surface area contributed by atoms with Crippen LogP contribution >= 0.6 is 0 Å². The first-order chi connectivity index (χ1) is 6.58. The number of nitrogens with one attached hydrogen (secondary N) is 2. The van der Waals surface area contributed by atoms with E-state index in [0.717, 1.165) is 19.3 Å². The number of hydrogen-bond acceptors (Lipinski definition) is 3. The van der Waals surface area contributed by atoms with Crippen molar-refractivity contribution >= 4 is 11.8 Å². The molecule has 0 aromatic rings. The Morgan fingerprint density at radius 2 is 2.00 bits per heavy atom. The zero-order valence-electron chi connectivity index (χ0n) is 8.43. The molecule has 0 saturated heterocycles. The molecule has 0 bridgehead atoms. The van der Waals surface area contributed by atoms with Gasteiger partial charge in [0.2, 0.25) is 11.8 Å². The Morgan fingerprint density at radius 3 is 2.50 bits per heavy atom. The minimum Gasteiger partial charge on any atom is -0.355 e. The van der Waals surface area contributed by atoms with E-state index in [9.17, 15) is 9.59 Å². The van der Waals surface area contributed by atoms with Crippen molar-refractivity contribution < 1.29 is 9.59 Å². The summed E-state index contributed by atoms with van der Waals surface area (Å²) in [7, 11) is 0. The van der Waals surface area contributed by atoms with E-state index in [-0.39, 0.29) is 18.4 Å². The third kappa shape index (κ3) is 2.99. The SMILES string of the molecule is CCCNC(=O)CNC(=O)C1(N)CC1. The third-order valence-corrected chi connectivity index (χ3v) is 2.22. The molecular weight excluding hydrogens is 182 g/mol. The van der Waals surface area contributed by atoms with Gasteiger partial charge in [-0.05, 0) is 19.3 Å². The molecule has 0 unspecified atom stereocenters. The summed E-state index contributed by atoms with van der Waals surface area (Å²) in [5.74, 6) is -0.381. The molecule has 1 aliphatic carbocycles. The second-order valence-electron chi connectivity index (χ2n) is 3.69. The highest BCUT2D eigenvalue weighted by molar-refractivity contribution is 5.92. The van der Waals surface area contributed by atoms with Crippen molar-refractivity contribution in [3.8, 4) is 0 Å². The Kier molecular flexibility index (Phi) is 3.46. The largest absolute Gasteiger partial charge is 0.355 e. The lowest BCUT2D eigenvalue weighted by molar-refractivity contribution is -0.127. The number of nitrogens with two attached hydrogens (primary N) is 1. The third-order valence-electron chi connectivity index (χ3n) is 2.22. The predicted molar refractivity (Wildman–Crippen MR) is 52.5 cm³/mol. The van der Waals surface area contributed by atoms with Gasteiger partial charge in [-0.15, -0.1) is 0 Å². The Balaban J connectivity index is 2.13. The number of carbonyl (C=O) groups is 2. The smallest absolute Gasteiger partial charge is 0.240 e. The van der Waals surface area contributed by atoms with Gasteiger partial charge in [-0.2, -0.15) is 0 Å². The van der Waals surface area contributed by atoms with Crippen LogP contribution in [0.1, 0.15) is 26.2 Å². The molecule has 1 aliphatic rings. The molecule has 0 atom stereocenters. The maximum atomic E-state index is 11.3. The van der Waals surface area contributed by atoms with Gasteiger partial charge >= 0.3 is 0 Å². The molecule has 80 valence electrons. The lowest BCUT2D eigenvalue weighted by atomic mass is 10.3. The van der Waals surface area contributed by atoms with E-state index in [4.69, 9.17) is 5.73 Å². The standard InChI is InChI=1S/C9H17N3O2/c1-2-5-11-7(13)6-12-8(14)9(10)3-4-9/h2-6,10H2,1H3,(H,11,13)(H,12,14). The van der Waals surface area contributed by atoms with Crippen LogP contribution in [-0.2, 0) is 9.59 Å². The zero-order chi connectivity index (χ0) is 10.6. The second-order valence-corrected chi connectivity index (χ2v) is 3.69. The number of amides is 2. The first kappa shape index (κ1) is 11.0.